The molecule has 0 fully saturated rings. The molecule has 4 heterocycles. The van der Waals surface area contributed by atoms with E-state index in [1.165, 1.54) is 74.2 Å². The van der Waals surface area contributed by atoms with Crippen molar-refractivity contribution in [3.05, 3.63) is 367 Å². The Hall–Kier alpha value is -14.4. The third-order valence-electron chi connectivity index (χ3n) is 28.2. The van der Waals surface area contributed by atoms with E-state index in [0.717, 1.165) is 186 Å². The number of nitrogens with one attached hydrogen (secondary N) is 3. The highest BCUT2D eigenvalue weighted by Gasteiger charge is 2.49. The molecule has 0 bridgehead atoms. The van der Waals surface area contributed by atoms with Gasteiger partial charge in [-0.05, 0) is 302 Å². The van der Waals surface area contributed by atoms with Gasteiger partial charge in [0, 0.05) is 144 Å². The van der Waals surface area contributed by atoms with E-state index in [0.29, 0.717) is 0 Å². The first-order valence-corrected chi connectivity index (χ1v) is 51.0. The van der Waals surface area contributed by atoms with Gasteiger partial charge in [-0.25, -0.2) is 0 Å². The Kier molecular flexibility index (Phi) is 36.9. The molecule has 17 rings (SSSR count). The summed E-state index contributed by atoms with van der Waals surface area (Å²) in [6.07, 6.45) is 17.1. The number of quaternary nitrogens is 1. The summed E-state index contributed by atoms with van der Waals surface area (Å²) in [5.74, 6) is 3.36. The molecule has 0 amide bonds. The van der Waals surface area contributed by atoms with Gasteiger partial charge in [0.15, 0.2) is 0 Å². The van der Waals surface area contributed by atoms with E-state index in [2.05, 4.69) is 311 Å². The summed E-state index contributed by atoms with van der Waals surface area (Å²) < 4.78 is 50.3. The summed E-state index contributed by atoms with van der Waals surface area (Å²) in [6.45, 7) is 24.3. The van der Waals surface area contributed by atoms with Crippen molar-refractivity contribution in [2.24, 2.45) is 30.7 Å². The fourth-order valence-corrected chi connectivity index (χ4v) is 20.2. The van der Waals surface area contributed by atoms with Crippen molar-refractivity contribution in [2.45, 2.75) is 146 Å². The van der Waals surface area contributed by atoms with E-state index in [1.807, 2.05) is 165 Å². The zero-order chi connectivity index (χ0) is 102. The van der Waals surface area contributed by atoms with Crippen LogP contribution in [0.2, 0.25) is 0 Å². The number of unbranched alkanes of at least 4 members (excludes halogenated alkanes) is 6. The van der Waals surface area contributed by atoms with Crippen LogP contribution in [0, 0.1) is 6.92 Å². The summed E-state index contributed by atoms with van der Waals surface area (Å²) in [5, 5.41) is 39.4. The Balaban J connectivity index is 0.000000216. The number of azo groups is 2. The summed E-state index contributed by atoms with van der Waals surface area (Å²) >= 11 is 0. The second-order valence-electron chi connectivity index (χ2n) is 38.9. The average Bonchev–Trinajstić information content (AvgIpc) is 1.61. The standard InChI is InChI=1S/C58H69N8O2.C54H58N8O2.C8H10O3S.2ClH/c1-57(2)51-19-13-15-21-53(51)65(55(57)41-59-63(7)47-27-23-43(24-28-47)61(5)45-31-35-49(67-9)36-32-45)39-17-11-12-18-40-66-54-22-16-14-20-52(54)58(3,4)56(66)42-60-64(8)48-29-25-44(26-30-48)62(6)46-33-37-50(68-10)38-34-46;1-53(2)47-15-9-11-17-49(47)61(51(53)37-55-59-43-23-19-39(20-24-43)57-41-27-31-45(63-5)32-28-41)35-13-7-8-14-36-62-50-18-12-10-16-48(50)54(3,4)52(62)38-56-60-44-25-21-40(22-26-44)58-42-29-33-46(64-6)34-30-42;1-7-3-5-8(6-4-7)12(9,10)11-2;;/h13-16,19-38,41-42,55H,11-12,17-18,39-40H2,1-10H3;9-12,15-34,37-38,57-58H,7-8,13-14,35-36H2,1-6H3;3-6H,1-2H3;2*1H/q+1;;;;/p-1/b59-41+;51-37+,52-38+,59-55?,60-56?;;;. The number of aryl methyl sites for hydroxylation is 1. The Bertz CT molecular complexity index is 6660. The lowest BCUT2D eigenvalue weighted by Gasteiger charge is -2.27. The topological polar surface area (TPSA) is 205 Å². The smallest absolute Gasteiger partial charge is 0.296 e. The Morgan fingerprint density at radius 1 is 0.397 bits per heavy atom. The molecular weight excluding hydrogens is 1880 g/mol. The Labute approximate surface area is 876 Å². The maximum atomic E-state index is 11.1. The maximum absolute atomic E-state index is 11.1. The van der Waals surface area contributed by atoms with Crippen LogP contribution in [0.25, 0.3) is 0 Å². The number of nitrogens with zero attached hydrogens (tertiary/aromatic N) is 13. The van der Waals surface area contributed by atoms with Gasteiger partial charge in [-0.1, -0.05) is 131 Å². The van der Waals surface area contributed by atoms with Gasteiger partial charge in [0.25, 0.3) is 10.1 Å². The lowest BCUT2D eigenvalue weighted by atomic mass is 9.81. The number of allylic oxidation sites excluding steroid dienone is 2. The fraction of sp³-hybridized carbons (Fsp3) is 0.292. The van der Waals surface area contributed by atoms with Crippen molar-refractivity contribution < 1.29 is 65.8 Å². The monoisotopic (exact) mass is 2020 g/mol. The van der Waals surface area contributed by atoms with Crippen LogP contribution in [-0.4, -0.2) is 127 Å². The van der Waals surface area contributed by atoms with Crippen LogP contribution in [0.15, 0.2) is 375 Å². The van der Waals surface area contributed by atoms with Gasteiger partial charge in [0.05, 0.1) is 99.2 Å². The highest BCUT2D eigenvalue weighted by molar-refractivity contribution is 7.86. The highest BCUT2D eigenvalue weighted by Crippen LogP contribution is 2.51. The molecule has 0 aromatic heterocycles. The quantitative estimate of drug-likeness (QED) is 0.00822. The second kappa shape index (κ2) is 49.5. The van der Waals surface area contributed by atoms with Crippen molar-refractivity contribution in [1.82, 2.24) is 0 Å². The number of fused-ring (bicyclic) bond motifs is 4. The van der Waals surface area contributed by atoms with Gasteiger partial charge in [0.2, 0.25) is 11.4 Å². The molecule has 0 saturated heterocycles. The fourth-order valence-electron chi connectivity index (χ4n) is 19.6. The molecule has 146 heavy (non-hydrogen) atoms. The van der Waals surface area contributed by atoms with Gasteiger partial charge in [-0.2, -0.15) is 43.7 Å². The molecule has 4 aliphatic heterocycles. The number of hydrogen-bond donors (Lipinski definition) is 3. The number of anilines is 12. The van der Waals surface area contributed by atoms with Gasteiger partial charge in [0.1, 0.15) is 47.5 Å². The third-order valence-corrected chi connectivity index (χ3v) is 29.5. The van der Waals surface area contributed by atoms with Gasteiger partial charge >= 0.3 is 0 Å². The third kappa shape index (κ3) is 25.7. The molecule has 0 aliphatic carbocycles. The predicted molar refractivity (Wildman–Crippen MR) is 593 cm³/mol. The molecule has 26 heteroatoms. The first-order valence-electron chi connectivity index (χ1n) is 49.6. The van der Waals surface area contributed by atoms with Crippen LogP contribution >= 0.6 is 0 Å². The molecular formula is C120H138Cl2N16O7S. The number of benzene rings is 13. The molecule has 0 radical (unpaired) electrons. The zero-order valence-corrected chi connectivity index (χ0v) is 89.6. The summed E-state index contributed by atoms with van der Waals surface area (Å²) in [4.78, 5) is 10.9. The number of methoxy groups -OCH3 is 4. The summed E-state index contributed by atoms with van der Waals surface area (Å²) in [6, 6.07) is 107. The van der Waals surface area contributed by atoms with E-state index in [-0.39, 0.29) is 57.4 Å². The van der Waals surface area contributed by atoms with Crippen LogP contribution in [0.4, 0.5) is 91.0 Å². The van der Waals surface area contributed by atoms with Crippen LogP contribution in [0.5, 0.6) is 23.0 Å². The molecule has 760 valence electrons. The normalized spacial score (nSPS) is 15.8. The average molecular weight is 2020 g/mol. The van der Waals surface area contributed by atoms with E-state index in [4.69, 9.17) is 29.2 Å². The van der Waals surface area contributed by atoms with Crippen molar-refractivity contribution in [3.8, 4) is 23.0 Å². The molecule has 3 N–H and O–H groups in total. The molecule has 4 aliphatic rings. The maximum Gasteiger partial charge on any atom is 0.296 e. The van der Waals surface area contributed by atoms with E-state index in [9.17, 15) is 8.42 Å². The van der Waals surface area contributed by atoms with Crippen molar-refractivity contribution >= 4 is 119 Å². The number of rotatable bonds is 38. The molecule has 2 atom stereocenters. The molecule has 0 saturated carbocycles. The number of hydrogen-bond acceptors (Lipinski definition) is 21. The largest absolute Gasteiger partial charge is 1.00 e. The Morgan fingerprint density at radius 2 is 0.760 bits per heavy atom. The highest BCUT2D eigenvalue weighted by atomic mass is 35.5. The first kappa shape index (κ1) is 109. The van der Waals surface area contributed by atoms with Crippen molar-refractivity contribution in [1.29, 1.82) is 0 Å². The lowest BCUT2D eigenvalue weighted by Crippen LogP contribution is -3.11. The number of hydrazone groups is 2. The lowest BCUT2D eigenvalue weighted by molar-refractivity contribution is -0.845. The van der Waals surface area contributed by atoms with E-state index in [1.54, 1.807) is 40.6 Å². The minimum atomic E-state index is -3.51. The Morgan fingerprint density at radius 3 is 1.19 bits per heavy atom. The summed E-state index contributed by atoms with van der Waals surface area (Å²) in [7, 11) is 12.6. The number of halogens is 2. The predicted octanol–water partition coefficient (Wildman–Crippen LogP) is 21.5. The number of ether oxygens (including phenoxy) is 4. The van der Waals surface area contributed by atoms with Crippen LogP contribution in [-0.2, 0) is 36.0 Å². The van der Waals surface area contributed by atoms with Gasteiger partial charge in [-0.15, -0.1) is 0 Å². The van der Waals surface area contributed by atoms with E-state index >= 15 is 0 Å². The minimum Gasteiger partial charge on any atom is -1.00 e. The second-order valence-corrected chi connectivity index (χ2v) is 40.6. The SMILES string of the molecule is COS(=O)(=O)c1ccc(C)cc1.COc1ccc(N(C)c2ccc(N(C)/N=C/C3=[N+](CCCCCC[NH+]4c5ccccc5C(C)(C)C4/C=N/N(C)c4ccc(N(C)c5ccc(OC)cc5)cc4)c4ccccc4C3(C)C)cc2)cc1.COc1ccc(Nc2ccc(N=N/C=C3/N(CCCCCCN4/C(=C/N=Nc5ccc(Nc6ccc(OC)cc6)cc5)C(C)(C)c5ccccc54)c4ccccc4C3(C)C)cc2)cc1.[Cl-].[Cl-]. The van der Waals surface area contributed by atoms with Gasteiger partial charge < -0.3 is 74.0 Å². The molecule has 23 nitrogen and oxygen atoms in total. The molecule has 13 aromatic carbocycles. The van der Waals surface area contributed by atoms with Crippen molar-refractivity contribution in [3.63, 3.8) is 0 Å². The minimum absolute atomic E-state index is 0. The van der Waals surface area contributed by atoms with E-state index < -0.39 is 10.1 Å². The number of para-hydroxylation sites is 4. The first-order chi connectivity index (χ1) is 69.5. The molecule has 2 unspecified atom stereocenters. The van der Waals surface area contributed by atoms with Crippen LogP contribution in [0.3, 0.4) is 0 Å². The zero-order valence-electron chi connectivity index (χ0n) is 87.2. The van der Waals surface area contributed by atoms with Crippen LogP contribution < -0.4 is 88.9 Å². The van der Waals surface area contributed by atoms with Gasteiger partial charge in [-0.3, -0.25) is 19.1 Å². The van der Waals surface area contributed by atoms with Crippen LogP contribution in [0.1, 0.15) is 135 Å². The molecule has 13 aromatic rings. The van der Waals surface area contributed by atoms with Crippen molar-refractivity contribution in [2.75, 3.05) is 130 Å². The molecule has 0 spiro atoms. The summed E-state index contributed by atoms with van der Waals surface area (Å²) in [5.41, 5.74) is 26.6.